The molecule has 0 unspecified atom stereocenters. The molecule has 1 aliphatic heterocycles. The first-order valence-corrected chi connectivity index (χ1v) is 10.1. The van der Waals surface area contributed by atoms with Crippen LogP contribution in [0.3, 0.4) is 0 Å². The highest BCUT2D eigenvalue weighted by Crippen LogP contribution is 2.28. The number of carbonyl (C=O) groups is 2. The summed E-state index contributed by atoms with van der Waals surface area (Å²) in [6, 6.07) is 10.0. The van der Waals surface area contributed by atoms with Gasteiger partial charge in [-0.2, -0.15) is 5.10 Å². The molecule has 7 heteroatoms. The lowest BCUT2D eigenvalue weighted by molar-refractivity contribution is 0.0856. The zero-order chi connectivity index (χ0) is 19.5. The Labute approximate surface area is 164 Å². The number of para-hydroxylation sites is 1. The summed E-state index contributed by atoms with van der Waals surface area (Å²) in [5.74, 6) is -0.109. The Bertz CT molecular complexity index is 854. The third-order valence-electron chi connectivity index (χ3n) is 5.50. The molecule has 148 valence electrons. The van der Waals surface area contributed by atoms with E-state index in [2.05, 4.69) is 10.4 Å². The van der Waals surface area contributed by atoms with Gasteiger partial charge in [0.15, 0.2) is 5.69 Å². The van der Waals surface area contributed by atoms with E-state index in [9.17, 15) is 9.59 Å². The minimum atomic E-state index is -0.272. The van der Waals surface area contributed by atoms with Crippen molar-refractivity contribution in [3.63, 3.8) is 0 Å². The second-order valence-electron chi connectivity index (χ2n) is 7.31. The fourth-order valence-electron chi connectivity index (χ4n) is 4.08. The number of nitrogens with one attached hydrogen (secondary N) is 1. The van der Waals surface area contributed by atoms with E-state index in [-0.39, 0.29) is 18.0 Å². The first kappa shape index (κ1) is 18.5. The quantitative estimate of drug-likeness (QED) is 0.882. The highest BCUT2D eigenvalue weighted by atomic mass is 16.6. The van der Waals surface area contributed by atoms with Gasteiger partial charge >= 0.3 is 6.09 Å². The fourth-order valence-corrected chi connectivity index (χ4v) is 4.08. The van der Waals surface area contributed by atoms with Gasteiger partial charge in [0.1, 0.15) is 0 Å². The molecule has 0 spiro atoms. The van der Waals surface area contributed by atoms with Crippen molar-refractivity contribution in [3.05, 3.63) is 47.3 Å². The number of hydrogen-bond donors (Lipinski definition) is 1. The number of carbonyl (C=O) groups excluding carboxylic acids is 2. The van der Waals surface area contributed by atoms with Crippen LogP contribution in [0.25, 0.3) is 5.69 Å². The molecule has 2 aliphatic rings. The number of hydrogen-bond acceptors (Lipinski definition) is 4. The molecule has 7 nitrogen and oxygen atoms in total. The smallest absolute Gasteiger partial charge is 0.409 e. The number of piperidine rings is 1. The maximum Gasteiger partial charge on any atom is 0.409 e. The lowest BCUT2D eigenvalue weighted by Gasteiger charge is -2.31. The second-order valence-corrected chi connectivity index (χ2v) is 7.31. The van der Waals surface area contributed by atoms with E-state index in [1.54, 1.807) is 11.8 Å². The van der Waals surface area contributed by atoms with Crippen molar-refractivity contribution in [2.45, 2.75) is 45.1 Å². The molecule has 1 aromatic carbocycles. The largest absolute Gasteiger partial charge is 0.450 e. The van der Waals surface area contributed by atoms with E-state index < -0.39 is 0 Å². The molecule has 28 heavy (non-hydrogen) atoms. The first-order chi connectivity index (χ1) is 13.7. The number of aromatic nitrogens is 2. The van der Waals surface area contributed by atoms with Crippen molar-refractivity contribution in [2.24, 2.45) is 0 Å². The lowest BCUT2D eigenvalue weighted by Crippen LogP contribution is -2.46. The van der Waals surface area contributed by atoms with Gasteiger partial charge in [0, 0.05) is 30.4 Å². The van der Waals surface area contributed by atoms with Crippen LogP contribution in [-0.2, 0) is 17.6 Å². The van der Waals surface area contributed by atoms with E-state index in [1.165, 1.54) is 0 Å². The van der Waals surface area contributed by atoms with Crippen molar-refractivity contribution in [1.82, 2.24) is 20.0 Å². The van der Waals surface area contributed by atoms with Crippen molar-refractivity contribution >= 4 is 12.0 Å². The fraction of sp³-hybridized carbons (Fsp3) is 0.476. The molecule has 0 atom stereocenters. The third-order valence-corrected chi connectivity index (χ3v) is 5.50. The van der Waals surface area contributed by atoms with Crippen molar-refractivity contribution in [1.29, 1.82) is 0 Å². The normalized spacial score (nSPS) is 16.7. The van der Waals surface area contributed by atoms with Gasteiger partial charge in [-0.05, 0) is 51.2 Å². The summed E-state index contributed by atoms with van der Waals surface area (Å²) in [7, 11) is 0. The molecule has 0 saturated carbocycles. The van der Waals surface area contributed by atoms with Crippen LogP contribution in [0.15, 0.2) is 30.3 Å². The Morgan fingerprint density at radius 1 is 1.18 bits per heavy atom. The summed E-state index contributed by atoms with van der Waals surface area (Å²) in [5, 5.41) is 7.78. The van der Waals surface area contributed by atoms with Crippen LogP contribution in [-0.4, -0.2) is 52.4 Å². The molecule has 1 saturated heterocycles. The van der Waals surface area contributed by atoms with Gasteiger partial charge < -0.3 is 15.0 Å². The number of benzene rings is 1. The summed E-state index contributed by atoms with van der Waals surface area (Å²) in [6.07, 6.45) is 4.08. The summed E-state index contributed by atoms with van der Waals surface area (Å²) in [5.41, 5.74) is 3.76. The topological polar surface area (TPSA) is 76.5 Å². The highest BCUT2D eigenvalue weighted by molar-refractivity contribution is 5.94. The monoisotopic (exact) mass is 382 g/mol. The van der Waals surface area contributed by atoms with Crippen LogP contribution in [0.5, 0.6) is 0 Å². The Morgan fingerprint density at radius 2 is 1.93 bits per heavy atom. The molecule has 1 N–H and O–H groups in total. The summed E-state index contributed by atoms with van der Waals surface area (Å²) >= 11 is 0. The Kier molecular flexibility index (Phi) is 5.32. The maximum atomic E-state index is 12.9. The number of fused-ring (bicyclic) bond motifs is 1. The van der Waals surface area contributed by atoms with E-state index >= 15 is 0 Å². The minimum absolute atomic E-state index is 0.0529. The Morgan fingerprint density at radius 3 is 2.64 bits per heavy atom. The van der Waals surface area contributed by atoms with Gasteiger partial charge in [0.25, 0.3) is 5.91 Å². The van der Waals surface area contributed by atoms with Gasteiger partial charge in [-0.3, -0.25) is 4.79 Å². The zero-order valence-electron chi connectivity index (χ0n) is 16.2. The van der Waals surface area contributed by atoms with Crippen LogP contribution in [0.1, 0.15) is 47.9 Å². The molecule has 0 bridgehead atoms. The van der Waals surface area contributed by atoms with E-state index in [0.717, 1.165) is 49.0 Å². The van der Waals surface area contributed by atoms with E-state index in [1.807, 2.05) is 35.0 Å². The lowest BCUT2D eigenvalue weighted by atomic mass is 10.0. The second kappa shape index (κ2) is 8.04. The predicted molar refractivity (Wildman–Crippen MR) is 105 cm³/mol. The van der Waals surface area contributed by atoms with Crippen molar-refractivity contribution < 1.29 is 14.3 Å². The van der Waals surface area contributed by atoms with Gasteiger partial charge in [0.05, 0.1) is 12.3 Å². The number of nitrogens with zero attached hydrogens (tertiary/aromatic N) is 3. The van der Waals surface area contributed by atoms with Crippen LogP contribution < -0.4 is 5.32 Å². The zero-order valence-corrected chi connectivity index (χ0v) is 16.2. The van der Waals surface area contributed by atoms with Crippen LogP contribution in [0.2, 0.25) is 0 Å². The number of likely N-dealkylation sites (tertiary alicyclic amines) is 1. The van der Waals surface area contributed by atoms with Crippen molar-refractivity contribution in [3.8, 4) is 5.69 Å². The minimum Gasteiger partial charge on any atom is -0.450 e. The molecule has 0 radical (unpaired) electrons. The van der Waals surface area contributed by atoms with Crippen LogP contribution >= 0.6 is 0 Å². The highest BCUT2D eigenvalue weighted by Gasteiger charge is 2.29. The first-order valence-electron chi connectivity index (χ1n) is 10.1. The molecule has 4 rings (SSSR count). The summed E-state index contributed by atoms with van der Waals surface area (Å²) in [6.45, 7) is 3.38. The molecule has 1 aromatic heterocycles. The van der Waals surface area contributed by atoms with Gasteiger partial charge in [-0.25, -0.2) is 9.48 Å². The number of ether oxygens (including phenoxy) is 1. The van der Waals surface area contributed by atoms with Gasteiger partial charge in [-0.1, -0.05) is 18.2 Å². The molecular weight excluding hydrogens is 356 g/mol. The molecule has 2 heterocycles. The summed E-state index contributed by atoms with van der Waals surface area (Å²) < 4.78 is 6.97. The predicted octanol–water partition coefficient (Wildman–Crippen LogP) is 2.71. The van der Waals surface area contributed by atoms with Crippen LogP contribution in [0.4, 0.5) is 4.79 Å². The molecule has 2 aromatic rings. The summed E-state index contributed by atoms with van der Waals surface area (Å²) in [4.78, 5) is 26.5. The molecular formula is C21H26N4O3. The average molecular weight is 382 g/mol. The molecule has 1 fully saturated rings. The molecule has 2 amide bonds. The SMILES string of the molecule is CCOC(=O)N1CCC(NC(=O)c2nn(-c3ccccc3)c3c2CCC3)CC1. The number of rotatable bonds is 4. The third kappa shape index (κ3) is 3.61. The number of amides is 2. The average Bonchev–Trinajstić information content (AvgIpc) is 3.32. The van der Waals surface area contributed by atoms with Gasteiger partial charge in [0.2, 0.25) is 0 Å². The Hall–Kier alpha value is -2.83. The van der Waals surface area contributed by atoms with Crippen LogP contribution in [0, 0.1) is 0 Å². The Balaban J connectivity index is 1.44. The maximum absolute atomic E-state index is 12.9. The van der Waals surface area contributed by atoms with E-state index in [4.69, 9.17) is 4.74 Å². The van der Waals surface area contributed by atoms with Gasteiger partial charge in [-0.15, -0.1) is 0 Å². The van der Waals surface area contributed by atoms with Crippen molar-refractivity contribution in [2.75, 3.05) is 19.7 Å². The standard InChI is InChI=1S/C21H26N4O3/c1-2-28-21(27)24-13-11-15(12-14-24)22-20(26)19-17-9-6-10-18(17)25(23-19)16-7-4-3-5-8-16/h3-5,7-8,15H,2,6,9-14H2,1H3,(H,22,26). The molecule has 1 aliphatic carbocycles. The van der Waals surface area contributed by atoms with E-state index in [0.29, 0.717) is 25.4 Å².